The lowest BCUT2D eigenvalue weighted by molar-refractivity contribution is -0.00389. The van der Waals surface area contributed by atoms with Gasteiger partial charge in [0.15, 0.2) is 6.17 Å². The number of carbonyl (C=O) groups excluding carboxylic acids is 1. The molecule has 1 aromatic carbocycles. The Morgan fingerprint density at radius 2 is 1.04 bits per heavy atom. The number of morpholine rings is 1. The van der Waals surface area contributed by atoms with E-state index in [2.05, 4.69) is 387 Å². The lowest BCUT2D eigenvalue weighted by atomic mass is 9.80. The number of nitrogens with one attached hydrogen (secondary N) is 1. The molecule has 1 N–H and O–H groups in total. The molecule has 118 heavy (non-hydrogen) atoms. The highest BCUT2D eigenvalue weighted by Crippen LogP contribution is 2.33. The Kier molecular flexibility index (Phi) is 42.4. The molecule has 3 saturated heterocycles. The lowest BCUT2D eigenvalue weighted by Crippen LogP contribution is -2.47. The molecule has 22 heteroatoms. The lowest BCUT2D eigenvalue weighted by Gasteiger charge is -2.38. The molecule has 1 unspecified atom stereocenters. The van der Waals surface area contributed by atoms with Crippen LogP contribution < -0.4 is 0 Å². The number of likely N-dealkylation sites (tertiary alicyclic amines) is 1. The number of hydrogen-bond acceptors (Lipinski definition) is 17. The number of hydrogen-bond donors (Lipinski definition) is 1. The topological polar surface area (TPSA) is 205 Å². The van der Waals surface area contributed by atoms with Crippen molar-refractivity contribution in [3.63, 3.8) is 0 Å². The van der Waals surface area contributed by atoms with Crippen LogP contribution in [0.15, 0.2) is 159 Å². The molecular formula is C96H164N16O4S2. The van der Waals surface area contributed by atoms with E-state index in [0.717, 1.165) is 56.8 Å². The molecule has 0 bridgehead atoms. The molecule has 4 aliphatic rings. The molecule has 664 valence electrons. The van der Waals surface area contributed by atoms with Crippen LogP contribution in [0.4, 0.5) is 0 Å². The third-order valence-corrected chi connectivity index (χ3v) is 21.4. The Hall–Kier alpha value is -7.08. The number of ether oxygens (including phenoxy) is 2. The van der Waals surface area contributed by atoms with Crippen molar-refractivity contribution in [1.29, 1.82) is 0 Å². The number of nitrogens with zero attached hydrogens (tertiary/aromatic N) is 15. The Balaban J connectivity index is 0.000000437. The Bertz CT molecular complexity index is 3900. The summed E-state index contributed by atoms with van der Waals surface area (Å²) < 4.78 is 23.4. The molecule has 12 heterocycles. The quantitative estimate of drug-likeness (QED) is 0.151. The number of fused-ring (bicyclic) bond motifs is 1. The average molecular weight is 1670 g/mol. The number of aromatic nitrogens is 10. The van der Waals surface area contributed by atoms with Crippen molar-refractivity contribution in [1.82, 2.24) is 58.7 Å². The van der Waals surface area contributed by atoms with Crippen LogP contribution in [0.5, 0.6) is 0 Å². The van der Waals surface area contributed by atoms with Crippen LogP contribution in [0.1, 0.15) is 318 Å². The Morgan fingerprint density at radius 3 is 1.32 bits per heavy atom. The molecule has 9 aromatic rings. The van der Waals surface area contributed by atoms with E-state index >= 15 is 0 Å². The maximum atomic E-state index is 10.9. The fourth-order valence-electron chi connectivity index (χ4n) is 11.1. The Labute approximate surface area is 724 Å². The van der Waals surface area contributed by atoms with Crippen LogP contribution in [-0.2, 0) is 60.1 Å². The summed E-state index contributed by atoms with van der Waals surface area (Å²) in [6, 6.07) is 18.7. The number of carbonyl (C=O) groups is 1. The summed E-state index contributed by atoms with van der Waals surface area (Å²) >= 11 is 3.44. The molecule has 13 rings (SSSR count). The first-order valence-electron chi connectivity index (χ1n) is 42.4. The van der Waals surface area contributed by atoms with Crippen molar-refractivity contribution in [2.45, 2.75) is 343 Å². The van der Waals surface area contributed by atoms with Crippen LogP contribution in [0.3, 0.4) is 0 Å². The summed E-state index contributed by atoms with van der Waals surface area (Å²) in [4.78, 5) is 25.7. The van der Waals surface area contributed by atoms with Gasteiger partial charge in [-0.15, -0.1) is 32.9 Å². The number of aromatic amines is 1. The maximum absolute atomic E-state index is 10.9. The van der Waals surface area contributed by atoms with Gasteiger partial charge in [-0.2, -0.15) is 15.3 Å². The van der Waals surface area contributed by atoms with Crippen molar-refractivity contribution in [3.8, 4) is 0 Å². The third-order valence-electron chi connectivity index (χ3n) is 19.4. The van der Waals surface area contributed by atoms with Crippen LogP contribution >= 0.6 is 22.7 Å². The molecule has 0 radical (unpaired) electrons. The molecule has 20 nitrogen and oxygen atoms in total. The third kappa shape index (κ3) is 42.4. The van der Waals surface area contributed by atoms with Crippen molar-refractivity contribution in [3.05, 3.63) is 172 Å². The van der Waals surface area contributed by atoms with Crippen LogP contribution in [0, 0.1) is 23.7 Å². The highest BCUT2D eigenvalue weighted by atomic mass is 32.1. The summed E-state index contributed by atoms with van der Waals surface area (Å²) in [6.45, 7) is 90.8. The SMILES string of the molecule is CC(=O)n1cc(C(C)(C)C)cn1.CC(C)(C)C1CCOC1.CC(C)(C)C1N=NN=N1.CC(C)(C)N1CCCC1.CC(C)(C)N1CCOCC1.CC(C)(C)c1ccco1.CC(C)(C)c1cn[nH]c1.CC(C)(C)c1cscn1.CC(C)(C)n1ccc2ccccc21.CC(C)(C)n1cccc1.Cc1cnc(C(C)(C)C)s1.Cn1cc(C(C)(C)C)cn1. The monoisotopic (exact) mass is 1670 g/mol. The smallest absolute Gasteiger partial charge is 0.243 e. The average Bonchev–Trinajstić information content (AvgIpc) is 1.65. The minimum absolute atomic E-state index is 0.0505. The first-order valence-corrected chi connectivity index (χ1v) is 44.2. The van der Waals surface area contributed by atoms with Gasteiger partial charge in [0.1, 0.15) is 5.76 Å². The molecule has 3 fully saturated rings. The number of furan rings is 1. The van der Waals surface area contributed by atoms with Gasteiger partial charge in [-0.3, -0.25) is 24.4 Å². The van der Waals surface area contributed by atoms with E-state index < -0.39 is 0 Å². The summed E-state index contributed by atoms with van der Waals surface area (Å²) in [5.41, 5.74) is 10.8. The Morgan fingerprint density at radius 1 is 0.508 bits per heavy atom. The molecular weight excluding hydrogens is 1510 g/mol. The summed E-state index contributed by atoms with van der Waals surface area (Å²) in [6.07, 6.45) is 25.2. The predicted molar refractivity (Wildman–Crippen MR) is 501 cm³/mol. The van der Waals surface area contributed by atoms with Crippen LogP contribution in [0.2, 0.25) is 0 Å². The minimum Gasteiger partial charge on any atom is -0.469 e. The molecule has 0 aliphatic carbocycles. The van der Waals surface area contributed by atoms with E-state index in [4.69, 9.17) is 13.9 Å². The van der Waals surface area contributed by atoms with Gasteiger partial charge >= 0.3 is 0 Å². The number of rotatable bonds is 0. The molecule has 4 aliphatic heterocycles. The normalized spacial score (nSPS) is 15.6. The molecule has 0 spiro atoms. The van der Waals surface area contributed by atoms with Crippen molar-refractivity contribution >= 4 is 39.5 Å². The second kappa shape index (κ2) is 46.8. The number of thiazole rings is 2. The summed E-state index contributed by atoms with van der Waals surface area (Å²) in [5, 5.41) is 33.8. The van der Waals surface area contributed by atoms with E-state index in [1.165, 1.54) is 81.6 Å². The molecule has 0 saturated carbocycles. The van der Waals surface area contributed by atoms with E-state index in [0.29, 0.717) is 16.5 Å². The van der Waals surface area contributed by atoms with Gasteiger partial charge in [-0.1, -0.05) is 184 Å². The number of para-hydroxylation sites is 1. The summed E-state index contributed by atoms with van der Waals surface area (Å²) in [5.74, 6) is 1.78. The minimum atomic E-state index is -0.0718. The van der Waals surface area contributed by atoms with Gasteiger partial charge in [0.2, 0.25) is 5.91 Å². The summed E-state index contributed by atoms with van der Waals surface area (Å²) in [7, 11) is 1.94. The van der Waals surface area contributed by atoms with Crippen molar-refractivity contribution < 1.29 is 18.7 Å². The zero-order valence-electron chi connectivity index (χ0n) is 81.3. The van der Waals surface area contributed by atoms with Gasteiger partial charge in [0, 0.05) is 143 Å². The van der Waals surface area contributed by atoms with Crippen molar-refractivity contribution in [2.24, 2.45) is 44.5 Å². The number of benzene rings is 1. The van der Waals surface area contributed by atoms with Crippen molar-refractivity contribution in [2.75, 3.05) is 52.6 Å². The first-order chi connectivity index (χ1) is 53.8. The standard InChI is InChI=1S/C12H15N.C9H14N2O.C8H14N2.C8H17NO.C8H13NS.C8H17N.C8H13N.C8H16O.C8H12O.C7H12N2.C7H11NS.C5H10N4/c1-12(2,3)13-9-8-10-6-4-5-7-11(10)13;1-7(12)11-6-8(5-10-11)9(2,3)4;1-8(2,3)7-5-9-10(4)6-7;1-8(2,3)9-4-6-10-7-5-9;1-6-5-9-7(10-6)8(2,3)4;2*1-8(2,3)9-6-4-5-7-9;1-8(2,3)7-4-5-9-6-7;1-8(2,3)7-5-4-6-9-7;1-7(2,3)6-4-8-9-5-6;1-7(2,3)6-4-9-5-8-6;1-5(2,3)4-6-8-9-7-4/h4-9H,1-3H3;5-6H,1-4H3;5-6H,1-4H3;4-7H2,1-3H3;5H,1-4H3;4-7H2,1-3H3;4-7H,1-3H3;7H,4-6H2,1-3H3;4-6H,1-3H3;4-5H,1-3H3,(H,8,9);4-5H,1-3H3;4H,1-3H3. The zero-order chi connectivity index (χ0) is 90.3. The molecule has 0 amide bonds. The fourth-order valence-corrected chi connectivity index (χ4v) is 12.7. The second-order valence-corrected chi connectivity index (χ2v) is 45.1. The van der Waals surface area contributed by atoms with E-state index in [9.17, 15) is 4.79 Å². The van der Waals surface area contributed by atoms with Gasteiger partial charge in [0.05, 0.1) is 54.3 Å². The zero-order valence-corrected chi connectivity index (χ0v) is 82.9. The fraction of sp³-hybridized carbons (Fsp3) is 0.667. The highest BCUT2D eigenvalue weighted by Gasteiger charge is 2.30. The van der Waals surface area contributed by atoms with Crippen LogP contribution in [-0.4, -0.2) is 134 Å². The van der Waals surface area contributed by atoms with E-state index in [1.54, 1.807) is 41.3 Å². The maximum Gasteiger partial charge on any atom is 0.243 e. The van der Waals surface area contributed by atoms with Gasteiger partial charge in [-0.05, 0) is 219 Å². The van der Waals surface area contributed by atoms with Gasteiger partial charge in [-0.25, -0.2) is 14.6 Å². The molecule has 8 aromatic heterocycles. The number of aryl methyl sites for hydroxylation is 2. The van der Waals surface area contributed by atoms with Gasteiger partial charge in [0.25, 0.3) is 0 Å². The van der Waals surface area contributed by atoms with E-state index in [-0.39, 0.29) is 61.1 Å². The van der Waals surface area contributed by atoms with E-state index in [1.807, 2.05) is 66.3 Å². The second-order valence-electron chi connectivity index (χ2n) is 43.1. The highest BCUT2D eigenvalue weighted by molar-refractivity contribution is 7.11. The predicted octanol–water partition coefficient (Wildman–Crippen LogP) is 25.9. The first kappa shape index (κ1) is 107. The molecule has 1 atom stereocenters. The van der Waals surface area contributed by atoms with Crippen LogP contribution in [0.25, 0.3) is 10.9 Å². The number of H-pyrrole nitrogens is 1. The largest absolute Gasteiger partial charge is 0.469 e. The van der Waals surface area contributed by atoms with Gasteiger partial charge < -0.3 is 23.0 Å².